The van der Waals surface area contributed by atoms with E-state index in [4.69, 9.17) is 4.42 Å². The fourth-order valence-electron chi connectivity index (χ4n) is 3.89. The quantitative estimate of drug-likeness (QED) is 0.889. The third-order valence-corrected chi connectivity index (χ3v) is 4.89. The maximum absolute atomic E-state index is 10.6. The maximum Gasteiger partial charge on any atom is 0.134 e. The first-order valence-corrected chi connectivity index (χ1v) is 6.87. The van der Waals surface area contributed by atoms with E-state index in [2.05, 4.69) is 6.07 Å². The second-order valence-corrected chi connectivity index (χ2v) is 5.79. The molecule has 4 atom stereocenters. The van der Waals surface area contributed by atoms with Crippen molar-refractivity contribution in [2.24, 2.45) is 17.3 Å². The fourth-order valence-corrected chi connectivity index (χ4v) is 3.89. The van der Waals surface area contributed by atoms with E-state index >= 15 is 0 Å². The maximum atomic E-state index is 10.6. The van der Waals surface area contributed by atoms with Crippen molar-refractivity contribution in [3.05, 3.63) is 23.7 Å². The molecule has 3 rings (SSSR count). The van der Waals surface area contributed by atoms with E-state index in [1.807, 2.05) is 19.1 Å². The highest BCUT2D eigenvalue weighted by Gasteiger charge is 2.56. The molecule has 1 aromatic heterocycles. The summed E-state index contributed by atoms with van der Waals surface area (Å²) in [6.07, 6.45) is 4.29. The molecule has 0 saturated heterocycles. The molecular formula is C15H19NO2. The highest BCUT2D eigenvalue weighted by Crippen LogP contribution is 2.60. The lowest BCUT2D eigenvalue weighted by molar-refractivity contribution is 0.00742. The summed E-state index contributed by atoms with van der Waals surface area (Å²) in [5.74, 6) is 2.42. The Balaban J connectivity index is 1.91. The standard InChI is InChI=1S/C15H19NO2/c1-2-12-5-6-13(18-12)14(17)15(9-16)8-10-3-4-11(15)7-10/h5-6,10-11,14,17H,2-4,7-8H2,1H3. The van der Waals surface area contributed by atoms with Crippen molar-refractivity contribution in [3.63, 3.8) is 0 Å². The van der Waals surface area contributed by atoms with Gasteiger partial charge in [0.2, 0.25) is 0 Å². The normalized spacial score (nSPS) is 35.6. The Labute approximate surface area is 107 Å². The molecule has 1 aromatic rings. The molecule has 4 unspecified atom stereocenters. The van der Waals surface area contributed by atoms with Crippen LogP contribution < -0.4 is 0 Å². The second-order valence-electron chi connectivity index (χ2n) is 5.79. The van der Waals surface area contributed by atoms with Crippen molar-refractivity contribution in [1.82, 2.24) is 0 Å². The third-order valence-electron chi connectivity index (χ3n) is 4.89. The van der Waals surface area contributed by atoms with Crippen molar-refractivity contribution < 1.29 is 9.52 Å². The number of nitriles is 1. The summed E-state index contributed by atoms with van der Waals surface area (Å²) in [4.78, 5) is 0. The van der Waals surface area contributed by atoms with Crippen LogP contribution in [0.4, 0.5) is 0 Å². The van der Waals surface area contributed by atoms with Gasteiger partial charge in [0.1, 0.15) is 17.6 Å². The molecule has 2 aliphatic rings. The molecule has 96 valence electrons. The van der Waals surface area contributed by atoms with Gasteiger partial charge in [0.25, 0.3) is 0 Å². The van der Waals surface area contributed by atoms with E-state index in [0.717, 1.165) is 31.4 Å². The Kier molecular flexibility index (Phi) is 2.71. The van der Waals surface area contributed by atoms with Crippen molar-refractivity contribution in [3.8, 4) is 6.07 Å². The lowest BCUT2D eigenvalue weighted by atomic mass is 9.69. The summed E-state index contributed by atoms with van der Waals surface area (Å²) in [7, 11) is 0. The molecule has 1 N–H and O–H groups in total. The molecule has 18 heavy (non-hydrogen) atoms. The molecule has 0 aliphatic heterocycles. The van der Waals surface area contributed by atoms with Gasteiger partial charge in [-0.1, -0.05) is 13.3 Å². The van der Waals surface area contributed by atoms with E-state index < -0.39 is 11.5 Å². The smallest absolute Gasteiger partial charge is 0.134 e. The first-order valence-electron chi connectivity index (χ1n) is 6.87. The number of rotatable bonds is 3. The van der Waals surface area contributed by atoms with Crippen LogP contribution in [0.5, 0.6) is 0 Å². The summed E-state index contributed by atoms with van der Waals surface area (Å²) in [5, 5.41) is 20.2. The number of aliphatic hydroxyl groups excluding tert-OH is 1. The van der Waals surface area contributed by atoms with Crippen LogP contribution in [0, 0.1) is 28.6 Å². The van der Waals surface area contributed by atoms with E-state index in [1.54, 1.807) is 0 Å². The van der Waals surface area contributed by atoms with Gasteiger partial charge in [-0.15, -0.1) is 0 Å². The zero-order valence-corrected chi connectivity index (χ0v) is 10.7. The molecule has 2 bridgehead atoms. The highest BCUT2D eigenvalue weighted by atomic mass is 16.4. The molecule has 3 nitrogen and oxygen atoms in total. The van der Waals surface area contributed by atoms with Crippen molar-refractivity contribution in [1.29, 1.82) is 5.26 Å². The summed E-state index contributed by atoms with van der Waals surface area (Å²) in [5.41, 5.74) is -0.605. The highest BCUT2D eigenvalue weighted by molar-refractivity contribution is 5.21. The number of aliphatic hydroxyl groups is 1. The number of hydrogen-bond acceptors (Lipinski definition) is 3. The molecule has 0 spiro atoms. The average Bonchev–Trinajstić information content (AvgIpc) is 3.12. The summed E-state index contributed by atoms with van der Waals surface area (Å²) in [6.45, 7) is 2.02. The van der Waals surface area contributed by atoms with Crippen LogP contribution in [0.1, 0.15) is 50.2 Å². The zero-order chi connectivity index (χ0) is 12.8. The summed E-state index contributed by atoms with van der Waals surface area (Å²) in [6, 6.07) is 6.15. The fraction of sp³-hybridized carbons (Fsp3) is 0.667. The Bertz CT molecular complexity index is 487. The SMILES string of the molecule is CCc1ccc(C(O)C2(C#N)CC3CCC2C3)o1. The van der Waals surface area contributed by atoms with Crippen LogP contribution in [0.2, 0.25) is 0 Å². The van der Waals surface area contributed by atoms with Gasteiger partial charge in [-0.2, -0.15) is 5.26 Å². The Morgan fingerprint density at radius 2 is 2.39 bits per heavy atom. The van der Waals surface area contributed by atoms with Crippen LogP contribution in [0.15, 0.2) is 16.5 Å². The topological polar surface area (TPSA) is 57.2 Å². The summed E-state index contributed by atoms with van der Waals surface area (Å²) < 4.78 is 5.64. The lowest BCUT2D eigenvalue weighted by Crippen LogP contribution is -2.33. The lowest BCUT2D eigenvalue weighted by Gasteiger charge is -2.34. The third kappa shape index (κ3) is 1.52. The minimum Gasteiger partial charge on any atom is -0.463 e. The first kappa shape index (κ1) is 11.8. The molecule has 0 radical (unpaired) electrons. The Hall–Kier alpha value is -1.27. The van der Waals surface area contributed by atoms with Gasteiger partial charge < -0.3 is 9.52 Å². The molecule has 2 aliphatic carbocycles. The van der Waals surface area contributed by atoms with E-state index in [9.17, 15) is 10.4 Å². The molecule has 1 heterocycles. The van der Waals surface area contributed by atoms with E-state index in [0.29, 0.717) is 17.6 Å². The number of aryl methyl sites for hydroxylation is 1. The monoisotopic (exact) mass is 245 g/mol. The van der Waals surface area contributed by atoms with Crippen molar-refractivity contribution in [2.45, 2.75) is 45.1 Å². The van der Waals surface area contributed by atoms with E-state index in [1.165, 1.54) is 6.42 Å². The molecule has 3 heteroatoms. The predicted octanol–water partition coefficient (Wildman–Crippen LogP) is 3.21. The second kappa shape index (κ2) is 4.13. The van der Waals surface area contributed by atoms with Gasteiger partial charge in [0.15, 0.2) is 0 Å². The van der Waals surface area contributed by atoms with Crippen LogP contribution in [0.25, 0.3) is 0 Å². The van der Waals surface area contributed by atoms with Crippen LogP contribution in [-0.4, -0.2) is 5.11 Å². The van der Waals surface area contributed by atoms with Crippen LogP contribution in [-0.2, 0) is 6.42 Å². The number of hydrogen-bond donors (Lipinski definition) is 1. The predicted molar refractivity (Wildman–Crippen MR) is 66.5 cm³/mol. The molecule has 0 amide bonds. The Morgan fingerprint density at radius 1 is 1.56 bits per heavy atom. The first-order chi connectivity index (χ1) is 8.69. The zero-order valence-electron chi connectivity index (χ0n) is 10.7. The number of nitrogens with zero attached hydrogens (tertiary/aromatic N) is 1. The molecule has 2 fully saturated rings. The van der Waals surface area contributed by atoms with Crippen LogP contribution in [0.3, 0.4) is 0 Å². The largest absolute Gasteiger partial charge is 0.463 e. The number of furan rings is 1. The minimum atomic E-state index is -0.766. The summed E-state index contributed by atoms with van der Waals surface area (Å²) >= 11 is 0. The van der Waals surface area contributed by atoms with Crippen LogP contribution >= 0.6 is 0 Å². The van der Waals surface area contributed by atoms with Crippen molar-refractivity contribution >= 4 is 0 Å². The van der Waals surface area contributed by atoms with Gasteiger partial charge >= 0.3 is 0 Å². The Morgan fingerprint density at radius 3 is 2.89 bits per heavy atom. The van der Waals surface area contributed by atoms with Gasteiger partial charge in [-0.25, -0.2) is 0 Å². The van der Waals surface area contributed by atoms with Gasteiger partial charge in [0.05, 0.1) is 11.5 Å². The van der Waals surface area contributed by atoms with E-state index in [-0.39, 0.29) is 0 Å². The van der Waals surface area contributed by atoms with Gasteiger partial charge in [-0.3, -0.25) is 0 Å². The number of fused-ring (bicyclic) bond motifs is 2. The minimum absolute atomic E-state index is 0.345. The van der Waals surface area contributed by atoms with Gasteiger partial charge in [-0.05, 0) is 43.2 Å². The average molecular weight is 245 g/mol. The molecular weight excluding hydrogens is 226 g/mol. The molecule has 2 saturated carbocycles. The molecule has 0 aromatic carbocycles. The van der Waals surface area contributed by atoms with Crippen molar-refractivity contribution in [2.75, 3.05) is 0 Å². The van der Waals surface area contributed by atoms with Gasteiger partial charge in [0, 0.05) is 6.42 Å².